The molecule has 0 bridgehead atoms. The summed E-state index contributed by atoms with van der Waals surface area (Å²) in [5, 5.41) is 3.41. The molecule has 0 radical (unpaired) electrons. The Morgan fingerprint density at radius 1 is 1.36 bits per heavy atom. The van der Waals surface area contributed by atoms with Crippen LogP contribution in [0, 0.1) is 5.92 Å². The van der Waals surface area contributed by atoms with Gasteiger partial charge in [0, 0.05) is 39.2 Å². The van der Waals surface area contributed by atoms with Gasteiger partial charge in [-0.25, -0.2) is 0 Å². The maximum Gasteiger partial charge on any atom is 0.193 e. The monoisotopic (exact) mass is 417 g/mol. The molecular formula is C17H28IN3O. The molecule has 1 aliphatic heterocycles. The minimum atomic E-state index is 0. The number of hydrogen-bond donors (Lipinski definition) is 1. The molecule has 1 fully saturated rings. The van der Waals surface area contributed by atoms with Crippen molar-refractivity contribution in [1.82, 2.24) is 10.2 Å². The number of nitrogens with one attached hydrogen (secondary N) is 1. The highest BCUT2D eigenvalue weighted by molar-refractivity contribution is 14.0. The average molecular weight is 417 g/mol. The Morgan fingerprint density at radius 3 is 2.82 bits per heavy atom. The molecule has 1 heterocycles. The number of guanidine groups is 1. The normalized spacial score (nSPS) is 18.2. The fourth-order valence-corrected chi connectivity index (χ4v) is 2.76. The van der Waals surface area contributed by atoms with Gasteiger partial charge >= 0.3 is 0 Å². The number of methoxy groups -OCH3 is 1. The Labute approximate surface area is 151 Å². The molecule has 1 saturated heterocycles. The van der Waals surface area contributed by atoms with Crippen molar-refractivity contribution in [2.75, 3.05) is 39.9 Å². The summed E-state index contributed by atoms with van der Waals surface area (Å²) in [6.07, 6.45) is 2.18. The van der Waals surface area contributed by atoms with Crippen molar-refractivity contribution in [1.29, 1.82) is 0 Å². The molecule has 0 aromatic heterocycles. The van der Waals surface area contributed by atoms with Gasteiger partial charge in [-0.15, -0.1) is 24.0 Å². The van der Waals surface area contributed by atoms with Crippen LogP contribution in [-0.2, 0) is 11.2 Å². The molecule has 5 heteroatoms. The molecule has 1 aliphatic rings. The van der Waals surface area contributed by atoms with E-state index in [0.717, 1.165) is 45.2 Å². The molecule has 0 amide bonds. The molecule has 124 valence electrons. The summed E-state index contributed by atoms with van der Waals surface area (Å²) in [4.78, 5) is 7.14. The van der Waals surface area contributed by atoms with Crippen LogP contribution < -0.4 is 5.32 Å². The Morgan fingerprint density at radius 2 is 2.14 bits per heavy atom. The van der Waals surface area contributed by atoms with Crippen molar-refractivity contribution in [2.24, 2.45) is 10.9 Å². The molecule has 1 aromatic rings. The van der Waals surface area contributed by atoms with Crippen molar-refractivity contribution >= 4 is 29.9 Å². The third-order valence-corrected chi connectivity index (χ3v) is 3.83. The molecule has 4 nitrogen and oxygen atoms in total. The van der Waals surface area contributed by atoms with Crippen molar-refractivity contribution in [3.05, 3.63) is 35.9 Å². The second-order valence-electron chi connectivity index (χ2n) is 5.53. The van der Waals surface area contributed by atoms with Gasteiger partial charge in [0.05, 0.1) is 6.61 Å². The molecule has 0 spiro atoms. The van der Waals surface area contributed by atoms with Crippen molar-refractivity contribution < 1.29 is 4.74 Å². The van der Waals surface area contributed by atoms with Crippen LogP contribution in [-0.4, -0.2) is 50.8 Å². The van der Waals surface area contributed by atoms with E-state index < -0.39 is 0 Å². The van der Waals surface area contributed by atoms with Crippen molar-refractivity contribution in [3.8, 4) is 0 Å². The molecule has 0 saturated carbocycles. The standard InChI is InChI=1S/C17H27N3O.HI/c1-3-18-17(20-12-10-16(13-20)14-21-2)19-11-9-15-7-5-4-6-8-15;/h4-8,16H,3,9-14H2,1-2H3,(H,18,19);1H. The van der Waals surface area contributed by atoms with Gasteiger partial charge in [0.2, 0.25) is 0 Å². The molecule has 1 N–H and O–H groups in total. The zero-order chi connectivity index (χ0) is 14.9. The minimum Gasteiger partial charge on any atom is -0.384 e. The van der Waals surface area contributed by atoms with Crippen LogP contribution in [0.1, 0.15) is 18.9 Å². The van der Waals surface area contributed by atoms with E-state index in [1.54, 1.807) is 7.11 Å². The second kappa shape index (κ2) is 10.8. The lowest BCUT2D eigenvalue weighted by molar-refractivity contribution is 0.157. The van der Waals surface area contributed by atoms with E-state index in [0.29, 0.717) is 5.92 Å². The molecule has 0 aliphatic carbocycles. The number of likely N-dealkylation sites (tertiary alicyclic amines) is 1. The molecular weight excluding hydrogens is 389 g/mol. The molecule has 2 rings (SSSR count). The quantitative estimate of drug-likeness (QED) is 0.440. The summed E-state index contributed by atoms with van der Waals surface area (Å²) in [5.41, 5.74) is 1.34. The summed E-state index contributed by atoms with van der Waals surface area (Å²) in [6.45, 7) is 6.83. The minimum absolute atomic E-state index is 0. The van der Waals surface area contributed by atoms with Crippen LogP contribution in [0.5, 0.6) is 0 Å². The topological polar surface area (TPSA) is 36.9 Å². The number of rotatable bonds is 6. The summed E-state index contributed by atoms with van der Waals surface area (Å²) in [6, 6.07) is 10.5. The molecule has 1 atom stereocenters. The number of aliphatic imine (C=N–C) groups is 1. The lowest BCUT2D eigenvalue weighted by Gasteiger charge is -2.21. The lowest BCUT2D eigenvalue weighted by atomic mass is 10.1. The van der Waals surface area contributed by atoms with Crippen LogP contribution >= 0.6 is 24.0 Å². The van der Waals surface area contributed by atoms with Gasteiger partial charge in [0.25, 0.3) is 0 Å². The number of nitrogens with zero attached hydrogens (tertiary/aromatic N) is 2. The van der Waals surface area contributed by atoms with E-state index in [1.165, 1.54) is 12.0 Å². The smallest absolute Gasteiger partial charge is 0.193 e. The fraction of sp³-hybridized carbons (Fsp3) is 0.588. The summed E-state index contributed by atoms with van der Waals surface area (Å²) in [7, 11) is 1.78. The first-order valence-corrected chi connectivity index (χ1v) is 7.89. The highest BCUT2D eigenvalue weighted by Gasteiger charge is 2.24. The second-order valence-corrected chi connectivity index (χ2v) is 5.53. The molecule has 1 aromatic carbocycles. The van der Waals surface area contributed by atoms with Crippen LogP contribution in [0.2, 0.25) is 0 Å². The summed E-state index contributed by atoms with van der Waals surface area (Å²) >= 11 is 0. The third-order valence-electron chi connectivity index (χ3n) is 3.83. The van der Waals surface area contributed by atoms with E-state index in [2.05, 4.69) is 47.5 Å². The first-order valence-electron chi connectivity index (χ1n) is 7.89. The van der Waals surface area contributed by atoms with Gasteiger partial charge in [-0.3, -0.25) is 4.99 Å². The largest absolute Gasteiger partial charge is 0.384 e. The van der Waals surface area contributed by atoms with Crippen LogP contribution in [0.4, 0.5) is 0 Å². The zero-order valence-corrected chi connectivity index (χ0v) is 16.0. The van der Waals surface area contributed by atoms with E-state index in [1.807, 2.05) is 0 Å². The average Bonchev–Trinajstić information content (AvgIpc) is 2.96. The van der Waals surface area contributed by atoms with Crippen LogP contribution in [0.25, 0.3) is 0 Å². The van der Waals surface area contributed by atoms with E-state index in [-0.39, 0.29) is 24.0 Å². The van der Waals surface area contributed by atoms with Gasteiger partial charge in [-0.2, -0.15) is 0 Å². The molecule has 22 heavy (non-hydrogen) atoms. The van der Waals surface area contributed by atoms with E-state index >= 15 is 0 Å². The highest BCUT2D eigenvalue weighted by Crippen LogP contribution is 2.16. The van der Waals surface area contributed by atoms with E-state index in [4.69, 9.17) is 9.73 Å². The first-order chi connectivity index (χ1) is 10.3. The predicted octanol–water partition coefficient (Wildman–Crippen LogP) is 2.78. The maximum atomic E-state index is 5.27. The van der Waals surface area contributed by atoms with Gasteiger partial charge in [-0.1, -0.05) is 30.3 Å². The first kappa shape index (κ1) is 19.2. The highest BCUT2D eigenvalue weighted by atomic mass is 127. The molecule has 1 unspecified atom stereocenters. The lowest BCUT2D eigenvalue weighted by Crippen LogP contribution is -2.40. The van der Waals surface area contributed by atoms with Crippen molar-refractivity contribution in [2.45, 2.75) is 19.8 Å². The van der Waals surface area contributed by atoms with Gasteiger partial charge in [0.15, 0.2) is 5.96 Å². The zero-order valence-electron chi connectivity index (χ0n) is 13.6. The summed E-state index contributed by atoms with van der Waals surface area (Å²) < 4.78 is 5.27. The van der Waals surface area contributed by atoms with Crippen LogP contribution in [0.3, 0.4) is 0 Å². The number of ether oxygens (including phenoxy) is 1. The van der Waals surface area contributed by atoms with Gasteiger partial charge in [-0.05, 0) is 25.3 Å². The fourth-order valence-electron chi connectivity index (χ4n) is 2.76. The maximum absolute atomic E-state index is 5.27. The number of benzene rings is 1. The van der Waals surface area contributed by atoms with Gasteiger partial charge in [0.1, 0.15) is 0 Å². The number of hydrogen-bond acceptors (Lipinski definition) is 2. The predicted molar refractivity (Wildman–Crippen MR) is 103 cm³/mol. The Kier molecular flexibility index (Phi) is 9.47. The van der Waals surface area contributed by atoms with Gasteiger partial charge < -0.3 is 15.0 Å². The van der Waals surface area contributed by atoms with E-state index in [9.17, 15) is 0 Å². The Hall–Kier alpha value is -0.820. The SMILES string of the molecule is CCNC(=NCCc1ccccc1)N1CCC(COC)C1.I. The third kappa shape index (κ3) is 6.12. The number of halogens is 1. The Bertz CT molecular complexity index is 439. The Balaban J connectivity index is 0.00000242. The van der Waals surface area contributed by atoms with Crippen molar-refractivity contribution in [3.63, 3.8) is 0 Å². The van der Waals surface area contributed by atoms with Crippen LogP contribution in [0.15, 0.2) is 35.3 Å². The summed E-state index contributed by atoms with van der Waals surface area (Å²) in [5.74, 6) is 1.68.